The van der Waals surface area contributed by atoms with E-state index in [0.717, 1.165) is 10.9 Å². The summed E-state index contributed by atoms with van der Waals surface area (Å²) in [7, 11) is 0. The van der Waals surface area contributed by atoms with Crippen molar-refractivity contribution in [2.75, 3.05) is 0 Å². The van der Waals surface area contributed by atoms with Crippen LogP contribution in [-0.2, 0) is 28.3 Å². The summed E-state index contributed by atoms with van der Waals surface area (Å²) >= 11 is 0. The number of aliphatic hydroxyl groups is 1. The Hall–Kier alpha value is -2.19. The molecule has 7 nitrogen and oxygen atoms in total. The number of rotatable bonds is 1. The van der Waals surface area contributed by atoms with Gasteiger partial charge in [0.15, 0.2) is 5.60 Å². The molecule has 2 aliphatic rings. The molecule has 2 aliphatic heterocycles. The maximum atomic E-state index is 13.0. The molecule has 2 aromatic heterocycles. The van der Waals surface area contributed by atoms with Gasteiger partial charge in [-0.2, -0.15) is 0 Å². The summed E-state index contributed by atoms with van der Waals surface area (Å²) in [5.41, 5.74) is 1.25. The summed E-state index contributed by atoms with van der Waals surface area (Å²) in [5.74, 6) is -0.585. The van der Waals surface area contributed by atoms with Crippen LogP contribution in [0.15, 0.2) is 35.1 Å². The van der Waals surface area contributed by atoms with E-state index in [4.69, 9.17) is 4.74 Å². The first-order chi connectivity index (χ1) is 12.9. The molecule has 8 heteroatoms. The van der Waals surface area contributed by atoms with Crippen LogP contribution in [0.4, 0.5) is 0 Å². The molecule has 28 heavy (non-hydrogen) atoms. The third-order valence-corrected chi connectivity index (χ3v) is 5.49. The number of phenolic OH excluding ortho intramolecular Hbond substituents is 1. The van der Waals surface area contributed by atoms with Crippen LogP contribution in [0.25, 0.3) is 22.3 Å². The number of ether oxygens (including phenoxy) is 1. The Morgan fingerprint density at radius 2 is 2.04 bits per heavy atom. The van der Waals surface area contributed by atoms with Gasteiger partial charge in [-0.3, -0.25) is 4.79 Å². The van der Waals surface area contributed by atoms with Gasteiger partial charge >= 0.3 is 35.5 Å². The minimum atomic E-state index is -1.83. The summed E-state index contributed by atoms with van der Waals surface area (Å²) < 4.78 is 6.65. The molecule has 138 valence electrons. The van der Waals surface area contributed by atoms with Crippen LogP contribution in [0.5, 0.6) is 5.75 Å². The van der Waals surface area contributed by atoms with Crippen LogP contribution < -0.4 is 5.56 Å². The molecule has 4 heterocycles. The van der Waals surface area contributed by atoms with E-state index in [2.05, 4.69) is 4.98 Å². The summed E-state index contributed by atoms with van der Waals surface area (Å²) in [6.07, 6.45) is 0.110. The first-order valence-electron chi connectivity index (χ1n) is 8.72. The normalized spacial score (nSPS) is 19.4. The van der Waals surface area contributed by atoms with Gasteiger partial charge in [-0.05, 0) is 36.8 Å². The average molecular weight is 388 g/mol. The molecule has 1 aromatic carbocycles. The van der Waals surface area contributed by atoms with Crippen molar-refractivity contribution in [3.63, 3.8) is 0 Å². The summed E-state index contributed by atoms with van der Waals surface area (Å²) in [5, 5.41) is 21.3. The van der Waals surface area contributed by atoms with Crippen molar-refractivity contribution >= 4 is 46.4 Å². The van der Waals surface area contributed by atoms with E-state index in [1.54, 1.807) is 35.8 Å². The second kappa shape index (κ2) is 6.42. The summed E-state index contributed by atoms with van der Waals surface area (Å²) in [4.78, 5) is 29.8. The van der Waals surface area contributed by atoms with Gasteiger partial charge in [-0.25, -0.2) is 9.78 Å². The number of aromatic nitrogens is 2. The van der Waals surface area contributed by atoms with Crippen LogP contribution in [-0.4, -0.2) is 55.3 Å². The van der Waals surface area contributed by atoms with Crippen LogP contribution >= 0.6 is 0 Å². The second-order valence-electron chi connectivity index (χ2n) is 6.98. The number of carbonyl (C=O) groups excluding carboxylic acids is 1. The number of phenols is 1. The Labute approximate surface area is 181 Å². The fourth-order valence-electron chi connectivity index (χ4n) is 3.97. The topological polar surface area (TPSA) is 102 Å². The first-order valence-corrected chi connectivity index (χ1v) is 8.72. The van der Waals surface area contributed by atoms with Gasteiger partial charge in [0.05, 0.1) is 29.0 Å². The molecular formula is C20H17N2NaO5. The SMILES string of the molecule is CCC1(O)C(=O)OCc2c1cc1n(c2=O)Cc2cc3cc(O)ccc3nc2-1.[NaH]. The van der Waals surface area contributed by atoms with Crippen molar-refractivity contribution in [1.82, 2.24) is 9.55 Å². The van der Waals surface area contributed by atoms with E-state index in [1.807, 2.05) is 6.07 Å². The molecular weight excluding hydrogens is 371 g/mol. The fourth-order valence-corrected chi connectivity index (χ4v) is 3.97. The molecule has 0 bridgehead atoms. The third-order valence-electron chi connectivity index (χ3n) is 5.49. The number of fused-ring (bicyclic) bond motifs is 5. The van der Waals surface area contributed by atoms with E-state index >= 15 is 0 Å². The Morgan fingerprint density at radius 3 is 2.79 bits per heavy atom. The number of pyridine rings is 2. The van der Waals surface area contributed by atoms with Crippen molar-refractivity contribution in [3.05, 3.63) is 57.4 Å². The molecule has 0 saturated carbocycles. The molecule has 3 aromatic rings. The zero-order chi connectivity index (χ0) is 18.9. The molecule has 1 unspecified atom stereocenters. The van der Waals surface area contributed by atoms with Crippen LogP contribution in [0, 0.1) is 0 Å². The Bertz CT molecular complexity index is 1220. The second-order valence-corrected chi connectivity index (χ2v) is 6.98. The zero-order valence-electron chi connectivity index (χ0n) is 14.5. The van der Waals surface area contributed by atoms with Crippen LogP contribution in [0.1, 0.15) is 30.0 Å². The molecule has 5 rings (SSSR count). The maximum absolute atomic E-state index is 13.0. The number of benzene rings is 1. The molecule has 0 spiro atoms. The van der Waals surface area contributed by atoms with Crippen molar-refractivity contribution in [1.29, 1.82) is 0 Å². The van der Waals surface area contributed by atoms with Gasteiger partial charge in [0.1, 0.15) is 12.4 Å². The zero-order valence-corrected chi connectivity index (χ0v) is 14.5. The number of aromatic hydroxyl groups is 1. The Morgan fingerprint density at radius 1 is 1.25 bits per heavy atom. The van der Waals surface area contributed by atoms with Gasteiger partial charge in [0, 0.05) is 16.5 Å². The van der Waals surface area contributed by atoms with Crippen molar-refractivity contribution in [2.24, 2.45) is 0 Å². The number of hydrogen-bond donors (Lipinski definition) is 2. The monoisotopic (exact) mass is 388 g/mol. The summed E-state index contributed by atoms with van der Waals surface area (Å²) in [6.45, 7) is 1.87. The van der Waals surface area contributed by atoms with E-state index in [9.17, 15) is 19.8 Å². The van der Waals surface area contributed by atoms with Crippen molar-refractivity contribution < 1.29 is 19.7 Å². The molecule has 2 N–H and O–H groups in total. The predicted molar refractivity (Wildman–Crippen MR) is 103 cm³/mol. The van der Waals surface area contributed by atoms with E-state index in [1.165, 1.54) is 0 Å². The Kier molecular flexibility index (Phi) is 4.39. The molecule has 0 saturated heterocycles. The van der Waals surface area contributed by atoms with Gasteiger partial charge in [0.25, 0.3) is 5.56 Å². The number of cyclic esters (lactones) is 1. The van der Waals surface area contributed by atoms with E-state index in [0.29, 0.717) is 34.6 Å². The van der Waals surface area contributed by atoms with Crippen LogP contribution in [0.3, 0.4) is 0 Å². The third kappa shape index (κ3) is 2.47. The van der Waals surface area contributed by atoms with E-state index < -0.39 is 11.6 Å². The van der Waals surface area contributed by atoms with Gasteiger partial charge in [-0.1, -0.05) is 6.92 Å². The first kappa shape index (κ1) is 19.1. The van der Waals surface area contributed by atoms with Gasteiger partial charge in [0.2, 0.25) is 0 Å². The standard InChI is InChI=1S/C20H16N2O5.Na.H/c1-2-20(26)14-7-16-17-11(5-10-6-12(23)3-4-15(10)21-17)8-22(16)18(24)13(14)9-27-19(20)25;;/h3-7,23,26H,2,8-9H2,1H3;;. The molecule has 0 amide bonds. The number of nitrogens with zero attached hydrogens (tertiary/aromatic N) is 2. The minimum absolute atomic E-state index is 0. The van der Waals surface area contributed by atoms with Crippen molar-refractivity contribution in [2.45, 2.75) is 32.1 Å². The van der Waals surface area contributed by atoms with E-state index in [-0.39, 0.29) is 53.9 Å². The fraction of sp³-hybridized carbons (Fsp3) is 0.250. The van der Waals surface area contributed by atoms with Gasteiger partial charge < -0.3 is 19.5 Å². The quantitative estimate of drug-likeness (QED) is 0.375. The van der Waals surface area contributed by atoms with Crippen molar-refractivity contribution in [3.8, 4) is 17.1 Å². The molecule has 0 radical (unpaired) electrons. The summed E-state index contributed by atoms with van der Waals surface area (Å²) in [6, 6.07) is 8.48. The molecule has 0 fully saturated rings. The Balaban J connectivity index is 0.00000192. The number of hydrogen-bond acceptors (Lipinski definition) is 6. The number of carbonyl (C=O) groups is 1. The molecule has 0 aliphatic carbocycles. The molecule has 1 atom stereocenters. The number of esters is 1. The average Bonchev–Trinajstić information content (AvgIpc) is 3.01. The van der Waals surface area contributed by atoms with Crippen LogP contribution in [0.2, 0.25) is 0 Å². The van der Waals surface area contributed by atoms with Gasteiger partial charge in [-0.15, -0.1) is 0 Å². The predicted octanol–water partition coefficient (Wildman–Crippen LogP) is 1.14.